The lowest BCUT2D eigenvalue weighted by molar-refractivity contribution is 0.0880. The van der Waals surface area contributed by atoms with E-state index in [1.54, 1.807) is 0 Å². The van der Waals surface area contributed by atoms with Crippen LogP contribution in [0.15, 0.2) is 0 Å². The van der Waals surface area contributed by atoms with E-state index in [-0.39, 0.29) is 0 Å². The van der Waals surface area contributed by atoms with Gasteiger partial charge in [0.15, 0.2) is 0 Å². The first kappa shape index (κ1) is 15.3. The maximum atomic E-state index is 6.39. The van der Waals surface area contributed by atoms with Crippen molar-refractivity contribution in [2.24, 2.45) is 35.3 Å². The molecule has 1 heterocycles. The minimum absolute atomic E-state index is 0.449. The van der Waals surface area contributed by atoms with Crippen molar-refractivity contribution in [3.63, 3.8) is 0 Å². The Hall–Kier alpha value is -0.0800. The average Bonchev–Trinajstić information content (AvgIpc) is 2.36. The van der Waals surface area contributed by atoms with Crippen molar-refractivity contribution < 1.29 is 0 Å². The van der Waals surface area contributed by atoms with Crippen LogP contribution in [-0.4, -0.2) is 30.6 Å². The second-order valence-electron chi connectivity index (χ2n) is 7.74. The van der Waals surface area contributed by atoms with Gasteiger partial charge < -0.3 is 10.6 Å². The summed E-state index contributed by atoms with van der Waals surface area (Å²) in [6, 6.07) is 0.449. The molecule has 0 bridgehead atoms. The summed E-state index contributed by atoms with van der Waals surface area (Å²) >= 11 is 0. The minimum Gasteiger partial charge on any atom is -0.327 e. The van der Waals surface area contributed by atoms with Gasteiger partial charge in [0.25, 0.3) is 0 Å². The number of hydrogen-bond acceptors (Lipinski definition) is 2. The second-order valence-corrected chi connectivity index (χ2v) is 7.74. The molecule has 0 aromatic heterocycles. The molecule has 1 saturated heterocycles. The number of rotatable bonds is 3. The number of likely N-dealkylation sites (tertiary alicyclic amines) is 1. The van der Waals surface area contributed by atoms with Gasteiger partial charge in [-0.1, -0.05) is 27.7 Å². The van der Waals surface area contributed by atoms with Crippen molar-refractivity contribution in [2.45, 2.75) is 59.4 Å². The summed E-state index contributed by atoms with van der Waals surface area (Å²) in [7, 11) is 0. The van der Waals surface area contributed by atoms with Crippen LogP contribution < -0.4 is 5.73 Å². The lowest BCUT2D eigenvalue weighted by atomic mass is 9.73. The summed E-state index contributed by atoms with van der Waals surface area (Å²) in [5.74, 6) is 4.23. The van der Waals surface area contributed by atoms with E-state index < -0.39 is 0 Å². The molecular weight excluding hydrogens is 232 g/mol. The fourth-order valence-corrected chi connectivity index (χ4v) is 3.99. The van der Waals surface area contributed by atoms with Crippen molar-refractivity contribution in [1.82, 2.24) is 4.90 Å². The Labute approximate surface area is 120 Å². The van der Waals surface area contributed by atoms with Crippen LogP contribution in [0.25, 0.3) is 0 Å². The minimum atomic E-state index is 0.449. The van der Waals surface area contributed by atoms with E-state index in [0.29, 0.717) is 6.04 Å². The predicted molar refractivity (Wildman–Crippen MR) is 83.0 cm³/mol. The summed E-state index contributed by atoms with van der Waals surface area (Å²) in [5.41, 5.74) is 6.39. The molecule has 19 heavy (non-hydrogen) atoms. The third kappa shape index (κ3) is 3.95. The van der Waals surface area contributed by atoms with Crippen molar-refractivity contribution >= 4 is 0 Å². The molecule has 0 radical (unpaired) electrons. The molecule has 2 N–H and O–H groups in total. The topological polar surface area (TPSA) is 29.3 Å². The number of hydrogen-bond donors (Lipinski definition) is 1. The second kappa shape index (κ2) is 6.58. The first-order valence-corrected chi connectivity index (χ1v) is 8.45. The van der Waals surface area contributed by atoms with Crippen LogP contribution in [0.4, 0.5) is 0 Å². The number of nitrogens with two attached hydrogens (primary N) is 1. The van der Waals surface area contributed by atoms with Gasteiger partial charge in [0.05, 0.1) is 0 Å². The molecule has 112 valence electrons. The Morgan fingerprint density at radius 2 is 1.84 bits per heavy atom. The summed E-state index contributed by atoms with van der Waals surface area (Å²) in [4.78, 5) is 2.69. The van der Waals surface area contributed by atoms with Crippen molar-refractivity contribution in [2.75, 3.05) is 19.6 Å². The van der Waals surface area contributed by atoms with Gasteiger partial charge in [-0.25, -0.2) is 0 Å². The largest absolute Gasteiger partial charge is 0.327 e. The summed E-state index contributed by atoms with van der Waals surface area (Å²) in [6.07, 6.45) is 5.33. The van der Waals surface area contributed by atoms with Crippen LogP contribution in [0.1, 0.15) is 53.4 Å². The molecule has 1 aliphatic carbocycles. The van der Waals surface area contributed by atoms with Gasteiger partial charge in [-0.2, -0.15) is 0 Å². The van der Waals surface area contributed by atoms with Gasteiger partial charge in [0, 0.05) is 19.1 Å². The Morgan fingerprint density at radius 3 is 2.47 bits per heavy atom. The molecule has 2 nitrogen and oxygen atoms in total. The van der Waals surface area contributed by atoms with Gasteiger partial charge in [-0.15, -0.1) is 0 Å². The first-order chi connectivity index (χ1) is 8.97. The molecule has 2 rings (SSSR count). The Bertz CT molecular complexity index is 276. The molecule has 0 aromatic rings. The maximum Gasteiger partial charge on any atom is 0.00795 e. The van der Waals surface area contributed by atoms with Crippen molar-refractivity contribution in [3.8, 4) is 0 Å². The van der Waals surface area contributed by atoms with Crippen molar-refractivity contribution in [1.29, 1.82) is 0 Å². The quantitative estimate of drug-likeness (QED) is 0.848. The standard InChI is InChI=1S/C17H34N2/c1-12(2)15-5-6-17(18)16(9-15)11-19-8-7-13(3)14(4)10-19/h12-17H,5-11,18H2,1-4H3. The Morgan fingerprint density at radius 1 is 1.11 bits per heavy atom. The third-order valence-corrected chi connectivity index (χ3v) is 5.94. The molecule has 2 heteroatoms. The Balaban J connectivity index is 1.86. The fourth-order valence-electron chi connectivity index (χ4n) is 3.99. The molecule has 1 aliphatic heterocycles. The zero-order chi connectivity index (χ0) is 14.0. The van der Waals surface area contributed by atoms with E-state index in [1.807, 2.05) is 0 Å². The van der Waals surface area contributed by atoms with Crippen molar-refractivity contribution in [3.05, 3.63) is 0 Å². The first-order valence-electron chi connectivity index (χ1n) is 8.45. The van der Waals surface area contributed by atoms with E-state index in [2.05, 4.69) is 32.6 Å². The highest BCUT2D eigenvalue weighted by Gasteiger charge is 2.32. The number of piperidine rings is 1. The Kier molecular flexibility index (Phi) is 5.30. The molecule has 0 aromatic carbocycles. The fraction of sp³-hybridized carbons (Fsp3) is 1.00. The smallest absolute Gasteiger partial charge is 0.00795 e. The van der Waals surface area contributed by atoms with Crippen LogP contribution in [0.3, 0.4) is 0 Å². The van der Waals surface area contributed by atoms with Gasteiger partial charge in [0.2, 0.25) is 0 Å². The van der Waals surface area contributed by atoms with Crippen LogP contribution in [0.2, 0.25) is 0 Å². The van der Waals surface area contributed by atoms with Gasteiger partial charge in [-0.05, 0) is 61.8 Å². The SMILES string of the molecule is CC(C)C1CCC(N)C(CN2CCC(C)C(C)C2)C1. The predicted octanol–water partition coefficient (Wildman–Crippen LogP) is 3.36. The monoisotopic (exact) mass is 266 g/mol. The third-order valence-electron chi connectivity index (χ3n) is 5.94. The van der Waals surface area contributed by atoms with Crippen LogP contribution in [0, 0.1) is 29.6 Å². The molecule has 2 fully saturated rings. The van der Waals surface area contributed by atoms with Gasteiger partial charge in [-0.3, -0.25) is 0 Å². The van der Waals surface area contributed by atoms with E-state index in [0.717, 1.165) is 29.6 Å². The molecule has 5 unspecified atom stereocenters. The van der Waals surface area contributed by atoms with Crippen LogP contribution in [0.5, 0.6) is 0 Å². The highest BCUT2D eigenvalue weighted by Crippen LogP contribution is 2.34. The highest BCUT2D eigenvalue weighted by molar-refractivity contribution is 4.87. The maximum absolute atomic E-state index is 6.39. The average molecular weight is 266 g/mol. The molecule has 5 atom stereocenters. The van der Waals surface area contributed by atoms with E-state index in [4.69, 9.17) is 5.73 Å². The normalized spacial score (nSPS) is 41.7. The van der Waals surface area contributed by atoms with Gasteiger partial charge in [0.1, 0.15) is 0 Å². The van der Waals surface area contributed by atoms with E-state index >= 15 is 0 Å². The summed E-state index contributed by atoms with van der Waals surface area (Å²) in [6.45, 7) is 13.4. The van der Waals surface area contributed by atoms with Gasteiger partial charge >= 0.3 is 0 Å². The highest BCUT2D eigenvalue weighted by atomic mass is 15.1. The number of nitrogens with zero attached hydrogens (tertiary/aromatic N) is 1. The lowest BCUT2D eigenvalue weighted by Gasteiger charge is -2.42. The zero-order valence-corrected chi connectivity index (χ0v) is 13.4. The molecule has 2 aliphatic rings. The van der Waals surface area contributed by atoms with E-state index in [1.165, 1.54) is 45.3 Å². The lowest BCUT2D eigenvalue weighted by Crippen LogP contribution is -2.47. The summed E-state index contributed by atoms with van der Waals surface area (Å²) in [5, 5.41) is 0. The summed E-state index contributed by atoms with van der Waals surface area (Å²) < 4.78 is 0. The molecule has 1 saturated carbocycles. The van der Waals surface area contributed by atoms with Crippen LogP contribution >= 0.6 is 0 Å². The molecular formula is C17H34N2. The zero-order valence-electron chi connectivity index (χ0n) is 13.4. The molecule has 0 amide bonds. The van der Waals surface area contributed by atoms with Crippen LogP contribution in [-0.2, 0) is 0 Å². The molecule has 0 spiro atoms. The van der Waals surface area contributed by atoms with E-state index in [9.17, 15) is 0 Å².